The summed E-state index contributed by atoms with van der Waals surface area (Å²) >= 11 is 0. The molecule has 0 aromatic carbocycles. The van der Waals surface area contributed by atoms with Crippen molar-refractivity contribution in [3.8, 4) is 0 Å². The molecular weight excluding hydrogens is 262 g/mol. The lowest BCUT2D eigenvalue weighted by Gasteiger charge is -2.32. The van der Waals surface area contributed by atoms with Crippen LogP contribution in [0.25, 0.3) is 0 Å². The van der Waals surface area contributed by atoms with E-state index < -0.39 is 5.97 Å². The Bertz CT molecular complexity index is 525. The van der Waals surface area contributed by atoms with Crippen molar-refractivity contribution in [1.29, 1.82) is 0 Å². The lowest BCUT2D eigenvalue weighted by molar-refractivity contribution is -0.137. The Morgan fingerprint density at radius 1 is 1.40 bits per heavy atom. The van der Waals surface area contributed by atoms with Gasteiger partial charge < -0.3 is 19.5 Å². The van der Waals surface area contributed by atoms with E-state index in [0.29, 0.717) is 19.6 Å². The van der Waals surface area contributed by atoms with Crippen LogP contribution in [0.5, 0.6) is 0 Å². The number of carbonyl (C=O) groups is 2. The van der Waals surface area contributed by atoms with Crippen LogP contribution in [0, 0.1) is 0 Å². The zero-order valence-corrected chi connectivity index (χ0v) is 11.1. The topological polar surface area (TPSA) is 91.6 Å². The van der Waals surface area contributed by atoms with Crippen molar-refractivity contribution in [2.45, 2.75) is 38.4 Å². The number of hydrogen-bond acceptors (Lipinski definition) is 4. The minimum Gasteiger partial charge on any atom is -0.481 e. The van der Waals surface area contributed by atoms with Gasteiger partial charge in [0.1, 0.15) is 6.33 Å². The molecule has 108 valence electrons. The molecule has 2 heterocycles. The smallest absolute Gasteiger partial charge is 0.320 e. The largest absolute Gasteiger partial charge is 0.481 e. The average Bonchev–Trinajstić information content (AvgIpc) is 3.15. The summed E-state index contributed by atoms with van der Waals surface area (Å²) in [5.74, 6) is -0.0968. The van der Waals surface area contributed by atoms with Crippen molar-refractivity contribution in [3.05, 3.63) is 12.2 Å². The number of nitrogens with zero attached hydrogens (tertiary/aromatic N) is 5. The molecule has 0 atom stereocenters. The number of rotatable bonds is 4. The normalized spacial score (nSPS) is 17.7. The highest BCUT2D eigenvalue weighted by molar-refractivity contribution is 5.76. The zero-order valence-electron chi connectivity index (χ0n) is 11.1. The molecule has 0 spiro atoms. The fraction of sp³-hybridized carbons (Fsp3) is 0.667. The molecule has 2 aliphatic rings. The summed E-state index contributed by atoms with van der Waals surface area (Å²) < 4.78 is 1.93. The molecule has 0 radical (unpaired) electrons. The molecule has 0 unspecified atom stereocenters. The molecule has 1 aromatic heterocycles. The van der Waals surface area contributed by atoms with E-state index in [4.69, 9.17) is 5.11 Å². The summed E-state index contributed by atoms with van der Waals surface area (Å²) in [6, 6.07) is 0.129. The van der Waals surface area contributed by atoms with E-state index in [9.17, 15) is 9.59 Å². The molecule has 1 aromatic rings. The van der Waals surface area contributed by atoms with Gasteiger partial charge >= 0.3 is 12.0 Å². The summed E-state index contributed by atoms with van der Waals surface area (Å²) in [6.45, 7) is 2.02. The molecule has 1 aliphatic heterocycles. The third kappa shape index (κ3) is 2.59. The molecular formula is C12H17N5O3. The maximum Gasteiger partial charge on any atom is 0.320 e. The van der Waals surface area contributed by atoms with Crippen molar-refractivity contribution in [2.24, 2.45) is 0 Å². The van der Waals surface area contributed by atoms with E-state index in [1.165, 1.54) is 0 Å². The summed E-state index contributed by atoms with van der Waals surface area (Å²) in [5.41, 5.74) is 0. The van der Waals surface area contributed by atoms with Crippen molar-refractivity contribution in [2.75, 3.05) is 13.1 Å². The highest BCUT2D eigenvalue weighted by Crippen LogP contribution is 2.28. The number of hydrogen-bond donors (Lipinski definition) is 1. The standard InChI is InChI=1S/C12H17N5O3/c18-11(19)3-4-17(9-1-2-9)12(20)15-5-6-16-8-13-14-10(16)7-15/h8-9H,1-7H2,(H,18,19). The van der Waals surface area contributed by atoms with E-state index in [1.54, 1.807) is 16.1 Å². The molecule has 1 N–H and O–H groups in total. The fourth-order valence-electron chi connectivity index (χ4n) is 2.45. The first-order chi connectivity index (χ1) is 9.65. The van der Waals surface area contributed by atoms with Crippen LogP contribution in [0.2, 0.25) is 0 Å². The Kier molecular flexibility index (Phi) is 3.29. The van der Waals surface area contributed by atoms with Gasteiger partial charge in [-0.15, -0.1) is 10.2 Å². The van der Waals surface area contributed by atoms with Gasteiger partial charge in [0.2, 0.25) is 0 Å². The minimum absolute atomic E-state index is 0.00768. The third-order valence-corrected chi connectivity index (χ3v) is 3.71. The summed E-state index contributed by atoms with van der Waals surface area (Å²) in [4.78, 5) is 26.6. The number of fused-ring (bicyclic) bond motifs is 1. The predicted octanol–water partition coefficient (Wildman–Crippen LogP) is 0.153. The van der Waals surface area contributed by atoms with Gasteiger partial charge in [-0.2, -0.15) is 0 Å². The van der Waals surface area contributed by atoms with Crippen molar-refractivity contribution in [3.63, 3.8) is 0 Å². The van der Waals surface area contributed by atoms with Gasteiger partial charge in [-0.1, -0.05) is 0 Å². The molecule has 2 amide bonds. The molecule has 8 heteroatoms. The van der Waals surface area contributed by atoms with E-state index in [2.05, 4.69) is 10.2 Å². The van der Waals surface area contributed by atoms with E-state index in [-0.39, 0.29) is 25.0 Å². The molecule has 8 nitrogen and oxygen atoms in total. The minimum atomic E-state index is -0.873. The maximum atomic E-state index is 12.5. The lowest BCUT2D eigenvalue weighted by atomic mass is 10.3. The third-order valence-electron chi connectivity index (χ3n) is 3.71. The second kappa shape index (κ2) is 5.10. The lowest BCUT2D eigenvalue weighted by Crippen LogP contribution is -2.47. The van der Waals surface area contributed by atoms with Gasteiger partial charge in [-0.3, -0.25) is 4.79 Å². The molecule has 1 fully saturated rings. The van der Waals surface area contributed by atoms with Crippen LogP contribution in [0.4, 0.5) is 4.79 Å². The van der Waals surface area contributed by atoms with Crippen molar-refractivity contribution >= 4 is 12.0 Å². The number of aromatic nitrogens is 3. The highest BCUT2D eigenvalue weighted by atomic mass is 16.4. The zero-order chi connectivity index (χ0) is 14.1. The van der Waals surface area contributed by atoms with E-state index in [0.717, 1.165) is 18.7 Å². The quantitative estimate of drug-likeness (QED) is 0.847. The van der Waals surface area contributed by atoms with Crippen LogP contribution in [0.1, 0.15) is 25.1 Å². The van der Waals surface area contributed by atoms with E-state index in [1.807, 2.05) is 4.57 Å². The Balaban J connectivity index is 1.66. The van der Waals surface area contributed by atoms with Crippen LogP contribution in [-0.4, -0.2) is 60.8 Å². The SMILES string of the molecule is O=C(O)CCN(C(=O)N1CCn2cnnc2C1)C1CC1. The highest BCUT2D eigenvalue weighted by Gasteiger charge is 2.36. The van der Waals surface area contributed by atoms with Crippen LogP contribution in [0.3, 0.4) is 0 Å². The number of carboxylic acids is 1. The fourth-order valence-corrected chi connectivity index (χ4v) is 2.45. The molecule has 1 saturated carbocycles. The Hall–Kier alpha value is -2.12. The molecule has 1 aliphatic carbocycles. The number of amides is 2. The van der Waals surface area contributed by atoms with Crippen molar-refractivity contribution in [1.82, 2.24) is 24.6 Å². The second-order valence-electron chi connectivity index (χ2n) is 5.21. The molecule has 0 saturated heterocycles. The Morgan fingerprint density at radius 2 is 2.20 bits per heavy atom. The van der Waals surface area contributed by atoms with E-state index >= 15 is 0 Å². The first kappa shape index (κ1) is 12.9. The van der Waals surface area contributed by atoms with Crippen LogP contribution in [0.15, 0.2) is 6.33 Å². The first-order valence-corrected chi connectivity index (χ1v) is 6.79. The number of aliphatic carboxylic acids is 1. The summed E-state index contributed by atoms with van der Waals surface area (Å²) in [6.07, 6.45) is 3.59. The average molecular weight is 279 g/mol. The first-order valence-electron chi connectivity index (χ1n) is 6.79. The summed E-state index contributed by atoms with van der Waals surface area (Å²) in [7, 11) is 0. The van der Waals surface area contributed by atoms with Crippen LogP contribution in [-0.2, 0) is 17.9 Å². The van der Waals surface area contributed by atoms with Crippen LogP contribution < -0.4 is 0 Å². The Labute approximate surface area is 116 Å². The number of carboxylic acid groups (broad SMARTS) is 1. The van der Waals surface area contributed by atoms with Gasteiger partial charge in [0.05, 0.1) is 13.0 Å². The van der Waals surface area contributed by atoms with Crippen LogP contribution >= 0.6 is 0 Å². The monoisotopic (exact) mass is 279 g/mol. The molecule has 0 bridgehead atoms. The maximum absolute atomic E-state index is 12.5. The van der Waals surface area contributed by atoms with Gasteiger partial charge in [0.15, 0.2) is 5.82 Å². The summed E-state index contributed by atoms with van der Waals surface area (Å²) in [5, 5.41) is 16.6. The second-order valence-corrected chi connectivity index (χ2v) is 5.21. The molecule has 3 rings (SSSR count). The van der Waals surface area contributed by atoms with Crippen molar-refractivity contribution < 1.29 is 14.7 Å². The number of carbonyl (C=O) groups excluding carboxylic acids is 1. The predicted molar refractivity (Wildman–Crippen MR) is 67.8 cm³/mol. The van der Waals surface area contributed by atoms with Gasteiger partial charge in [0, 0.05) is 25.7 Å². The molecule has 20 heavy (non-hydrogen) atoms. The number of urea groups is 1. The van der Waals surface area contributed by atoms with Gasteiger partial charge in [-0.25, -0.2) is 4.79 Å². The van der Waals surface area contributed by atoms with Gasteiger partial charge in [0.25, 0.3) is 0 Å². The van der Waals surface area contributed by atoms with Gasteiger partial charge in [-0.05, 0) is 12.8 Å². The Morgan fingerprint density at radius 3 is 2.90 bits per heavy atom.